The van der Waals surface area contributed by atoms with Crippen LogP contribution in [0.1, 0.15) is 37.0 Å². The molecule has 0 aliphatic rings. The summed E-state index contributed by atoms with van der Waals surface area (Å²) in [5.41, 5.74) is 0.930. The molecular formula is C13H15BrN4O2. The summed E-state index contributed by atoms with van der Waals surface area (Å²) >= 11 is 3.38. The number of methoxy groups -OCH3 is 1. The molecule has 2 rings (SSSR count). The van der Waals surface area contributed by atoms with Crippen molar-refractivity contribution in [2.24, 2.45) is 0 Å². The summed E-state index contributed by atoms with van der Waals surface area (Å²) in [6.45, 7) is 6.07. The Morgan fingerprint density at radius 1 is 1.30 bits per heavy atom. The van der Waals surface area contributed by atoms with Gasteiger partial charge in [-0.3, -0.25) is 0 Å². The molecule has 0 saturated carbocycles. The highest BCUT2D eigenvalue weighted by molar-refractivity contribution is 9.10. The zero-order chi connectivity index (χ0) is 14.9. The van der Waals surface area contributed by atoms with Gasteiger partial charge in [-0.05, 0) is 28.6 Å². The average Bonchev–Trinajstić information content (AvgIpc) is 2.86. The SMILES string of the molecule is COC(=O)c1cc(Br)cc(-n2nnnc2C(C)(C)C)c1. The van der Waals surface area contributed by atoms with Crippen LogP contribution in [-0.4, -0.2) is 33.3 Å². The fourth-order valence-corrected chi connectivity index (χ4v) is 2.24. The van der Waals surface area contributed by atoms with Gasteiger partial charge in [-0.15, -0.1) is 5.10 Å². The van der Waals surface area contributed by atoms with E-state index in [1.54, 1.807) is 16.8 Å². The minimum atomic E-state index is -0.405. The lowest BCUT2D eigenvalue weighted by molar-refractivity contribution is 0.0600. The van der Waals surface area contributed by atoms with E-state index in [1.807, 2.05) is 26.8 Å². The molecule has 0 N–H and O–H groups in total. The van der Waals surface area contributed by atoms with E-state index < -0.39 is 5.97 Å². The largest absolute Gasteiger partial charge is 0.465 e. The lowest BCUT2D eigenvalue weighted by Gasteiger charge is -2.17. The van der Waals surface area contributed by atoms with E-state index in [4.69, 9.17) is 4.74 Å². The van der Waals surface area contributed by atoms with Crippen LogP contribution in [0.2, 0.25) is 0 Å². The van der Waals surface area contributed by atoms with Gasteiger partial charge in [0.2, 0.25) is 0 Å². The third-order valence-corrected chi connectivity index (χ3v) is 3.15. The van der Waals surface area contributed by atoms with E-state index in [1.165, 1.54) is 7.11 Å². The zero-order valence-electron chi connectivity index (χ0n) is 11.7. The number of rotatable bonds is 2. The Morgan fingerprint density at radius 2 is 2.00 bits per heavy atom. The molecule has 0 spiro atoms. The van der Waals surface area contributed by atoms with Gasteiger partial charge in [-0.1, -0.05) is 36.7 Å². The molecule has 0 atom stereocenters. The Labute approximate surface area is 125 Å². The fourth-order valence-electron chi connectivity index (χ4n) is 1.76. The second-order valence-corrected chi connectivity index (χ2v) is 6.27. The first-order valence-electron chi connectivity index (χ1n) is 6.01. The van der Waals surface area contributed by atoms with E-state index in [-0.39, 0.29) is 5.41 Å². The van der Waals surface area contributed by atoms with Gasteiger partial charge in [0.15, 0.2) is 5.82 Å². The highest BCUT2D eigenvalue weighted by Crippen LogP contribution is 2.24. The van der Waals surface area contributed by atoms with Gasteiger partial charge < -0.3 is 4.74 Å². The van der Waals surface area contributed by atoms with Crippen LogP contribution < -0.4 is 0 Å². The van der Waals surface area contributed by atoms with Crippen molar-refractivity contribution < 1.29 is 9.53 Å². The van der Waals surface area contributed by atoms with Crippen LogP contribution >= 0.6 is 15.9 Å². The van der Waals surface area contributed by atoms with Crippen LogP contribution in [0.25, 0.3) is 5.69 Å². The fraction of sp³-hybridized carbons (Fsp3) is 0.385. The molecule has 0 aliphatic carbocycles. The average molecular weight is 339 g/mol. The number of halogens is 1. The van der Waals surface area contributed by atoms with Gasteiger partial charge in [0, 0.05) is 9.89 Å². The molecule has 0 bridgehead atoms. The molecule has 0 saturated heterocycles. The molecule has 1 aromatic heterocycles. The van der Waals surface area contributed by atoms with Crippen molar-refractivity contribution in [1.29, 1.82) is 0 Å². The Bertz CT molecular complexity index is 646. The number of benzene rings is 1. The van der Waals surface area contributed by atoms with Gasteiger partial charge >= 0.3 is 5.97 Å². The van der Waals surface area contributed by atoms with Crippen LogP contribution in [0.5, 0.6) is 0 Å². The molecule has 106 valence electrons. The minimum absolute atomic E-state index is 0.211. The third-order valence-electron chi connectivity index (χ3n) is 2.69. The van der Waals surface area contributed by atoms with Crippen LogP contribution in [0.3, 0.4) is 0 Å². The summed E-state index contributed by atoms with van der Waals surface area (Å²) in [5, 5.41) is 11.8. The number of esters is 1. The second-order valence-electron chi connectivity index (χ2n) is 5.35. The molecule has 20 heavy (non-hydrogen) atoms. The van der Waals surface area contributed by atoms with Crippen molar-refractivity contribution >= 4 is 21.9 Å². The molecule has 0 aliphatic heterocycles. The molecule has 1 heterocycles. The quantitative estimate of drug-likeness (QED) is 0.787. The number of hydrogen-bond acceptors (Lipinski definition) is 5. The maximum absolute atomic E-state index is 11.7. The second kappa shape index (κ2) is 5.32. The number of ether oxygens (including phenoxy) is 1. The first-order valence-corrected chi connectivity index (χ1v) is 6.80. The van der Waals surface area contributed by atoms with E-state index in [9.17, 15) is 4.79 Å². The molecule has 1 aromatic carbocycles. The highest BCUT2D eigenvalue weighted by Gasteiger charge is 2.23. The van der Waals surface area contributed by atoms with Crippen molar-refractivity contribution in [1.82, 2.24) is 20.2 Å². The predicted octanol–water partition coefficient (Wildman–Crippen LogP) is 2.51. The minimum Gasteiger partial charge on any atom is -0.465 e. The summed E-state index contributed by atoms with van der Waals surface area (Å²) in [5.74, 6) is 0.310. The smallest absolute Gasteiger partial charge is 0.337 e. The summed E-state index contributed by atoms with van der Waals surface area (Å²) in [6.07, 6.45) is 0. The van der Waals surface area contributed by atoms with E-state index in [0.717, 1.165) is 4.47 Å². The molecule has 7 heteroatoms. The number of tetrazole rings is 1. The van der Waals surface area contributed by atoms with Crippen LogP contribution in [-0.2, 0) is 10.2 Å². The molecule has 0 amide bonds. The Morgan fingerprint density at radius 3 is 2.60 bits per heavy atom. The molecule has 0 unspecified atom stereocenters. The van der Waals surface area contributed by atoms with Crippen molar-refractivity contribution in [3.63, 3.8) is 0 Å². The van der Waals surface area contributed by atoms with Crippen molar-refractivity contribution in [2.75, 3.05) is 7.11 Å². The highest BCUT2D eigenvalue weighted by atomic mass is 79.9. The lowest BCUT2D eigenvalue weighted by atomic mass is 9.95. The summed E-state index contributed by atoms with van der Waals surface area (Å²) in [4.78, 5) is 11.7. The zero-order valence-corrected chi connectivity index (χ0v) is 13.3. The first kappa shape index (κ1) is 14.6. The summed E-state index contributed by atoms with van der Waals surface area (Å²) in [6, 6.07) is 5.23. The molecule has 0 radical (unpaired) electrons. The number of carbonyl (C=O) groups excluding carboxylic acids is 1. The standard InChI is InChI=1S/C13H15BrN4O2/c1-13(2,3)12-15-16-17-18(12)10-6-8(11(19)20-4)5-9(14)7-10/h5-7H,1-4H3. The number of hydrogen-bond donors (Lipinski definition) is 0. The van der Waals surface area contributed by atoms with Crippen LogP contribution in [0.15, 0.2) is 22.7 Å². The normalized spacial score (nSPS) is 11.4. The summed E-state index contributed by atoms with van der Waals surface area (Å²) in [7, 11) is 1.35. The van der Waals surface area contributed by atoms with E-state index in [0.29, 0.717) is 17.1 Å². The molecule has 6 nitrogen and oxygen atoms in total. The third kappa shape index (κ3) is 2.87. The molecule has 2 aromatic rings. The Hall–Kier alpha value is -1.76. The van der Waals surface area contributed by atoms with Crippen LogP contribution in [0.4, 0.5) is 0 Å². The maximum atomic E-state index is 11.7. The van der Waals surface area contributed by atoms with Gasteiger partial charge in [0.1, 0.15) is 0 Å². The lowest BCUT2D eigenvalue weighted by Crippen LogP contribution is -2.19. The van der Waals surface area contributed by atoms with Gasteiger partial charge in [-0.25, -0.2) is 4.79 Å². The molecule has 0 fully saturated rings. The molecular weight excluding hydrogens is 324 g/mol. The van der Waals surface area contributed by atoms with Gasteiger partial charge in [-0.2, -0.15) is 4.68 Å². The number of nitrogens with zero attached hydrogens (tertiary/aromatic N) is 4. The number of aromatic nitrogens is 4. The van der Waals surface area contributed by atoms with Crippen molar-refractivity contribution in [3.05, 3.63) is 34.1 Å². The number of carbonyl (C=O) groups is 1. The van der Waals surface area contributed by atoms with Crippen molar-refractivity contribution in [2.45, 2.75) is 26.2 Å². The van der Waals surface area contributed by atoms with E-state index >= 15 is 0 Å². The van der Waals surface area contributed by atoms with Crippen molar-refractivity contribution in [3.8, 4) is 5.69 Å². The Balaban J connectivity index is 2.57. The predicted molar refractivity (Wildman–Crippen MR) is 76.9 cm³/mol. The topological polar surface area (TPSA) is 69.9 Å². The first-order chi connectivity index (χ1) is 9.32. The maximum Gasteiger partial charge on any atom is 0.337 e. The van der Waals surface area contributed by atoms with Gasteiger partial charge in [0.05, 0.1) is 18.4 Å². The van der Waals surface area contributed by atoms with Gasteiger partial charge in [0.25, 0.3) is 0 Å². The van der Waals surface area contributed by atoms with Crippen LogP contribution in [0, 0.1) is 0 Å². The summed E-state index contributed by atoms with van der Waals surface area (Å²) < 4.78 is 7.12. The monoisotopic (exact) mass is 338 g/mol. The van der Waals surface area contributed by atoms with E-state index in [2.05, 4.69) is 31.5 Å². The Kier molecular flexibility index (Phi) is 3.89.